The lowest BCUT2D eigenvalue weighted by Crippen LogP contribution is -1.58. The molecule has 0 atom stereocenters. The Balaban J connectivity index is 3.49. The molecule has 40 valence electrons. The molecule has 0 aromatic heterocycles. The van der Waals surface area contributed by atoms with Gasteiger partial charge in [0.25, 0.3) is 0 Å². The maximum Gasteiger partial charge on any atom is 0.0196 e. The Hall–Kier alpha value is -0.210. The fourth-order valence-electron chi connectivity index (χ4n) is 0.196. The molecule has 0 heterocycles. The minimum atomic E-state index is 0.739. The smallest absolute Gasteiger partial charge is 0.0196 e. The number of hydrogen-bond acceptors (Lipinski definition) is 2. The van der Waals surface area contributed by atoms with E-state index in [0.717, 1.165) is 16.9 Å². The lowest BCUT2D eigenvalue weighted by Gasteiger charge is -1.83. The predicted molar refractivity (Wildman–Crippen MR) is 34.2 cm³/mol. The van der Waals surface area contributed by atoms with Crippen LogP contribution in [0.4, 0.5) is 0 Å². The summed E-state index contributed by atoms with van der Waals surface area (Å²) in [6.45, 7) is 5.26. The van der Waals surface area contributed by atoms with Crippen LogP contribution in [-0.4, -0.2) is 4.55 Å². The Kier molecular flexibility index (Phi) is 3.84. The van der Waals surface area contributed by atoms with Crippen LogP contribution in [0.5, 0.6) is 0 Å². The molecular weight excluding hydrogens is 108 g/mol. The maximum absolute atomic E-state index is 8.27. The summed E-state index contributed by atoms with van der Waals surface area (Å²) in [7, 11) is 0. The van der Waals surface area contributed by atoms with E-state index in [9.17, 15) is 0 Å². The van der Waals surface area contributed by atoms with Crippen LogP contribution in [0, 0.1) is 0 Å². The Morgan fingerprint density at radius 2 is 2.43 bits per heavy atom. The van der Waals surface area contributed by atoms with Gasteiger partial charge in [-0.25, -0.2) is 0 Å². The molecule has 0 aromatic rings. The highest BCUT2D eigenvalue weighted by molar-refractivity contribution is 7.97. The predicted octanol–water partition coefficient (Wildman–Crippen LogP) is 2.28. The molecule has 0 rings (SSSR count). The maximum atomic E-state index is 8.27. The highest BCUT2D eigenvalue weighted by Gasteiger charge is 1.77. The SMILES string of the molecule is C=CC=C(C)SO. The van der Waals surface area contributed by atoms with Gasteiger partial charge in [0.15, 0.2) is 0 Å². The normalized spacial score (nSPS) is 11.4. The molecule has 0 spiro atoms. The summed E-state index contributed by atoms with van der Waals surface area (Å²) in [5.41, 5.74) is 0. The summed E-state index contributed by atoms with van der Waals surface area (Å²) >= 11 is 0.739. The molecule has 0 aliphatic heterocycles. The summed E-state index contributed by atoms with van der Waals surface area (Å²) in [5.74, 6) is 0. The Morgan fingerprint density at radius 3 is 2.57 bits per heavy atom. The standard InChI is InChI=1S/C5H8OS/c1-3-4-5(2)7-6/h3-4,6H,1H2,2H3. The Bertz CT molecular complexity index is 86.1. The molecule has 1 nitrogen and oxygen atoms in total. The molecule has 0 unspecified atom stereocenters. The van der Waals surface area contributed by atoms with E-state index in [1.54, 1.807) is 12.2 Å². The van der Waals surface area contributed by atoms with Crippen LogP contribution in [-0.2, 0) is 0 Å². The molecule has 0 saturated heterocycles. The van der Waals surface area contributed by atoms with Crippen molar-refractivity contribution in [1.82, 2.24) is 0 Å². The topological polar surface area (TPSA) is 20.2 Å². The van der Waals surface area contributed by atoms with Gasteiger partial charge in [-0.05, 0) is 6.92 Å². The van der Waals surface area contributed by atoms with Gasteiger partial charge in [-0.3, -0.25) is 0 Å². The molecule has 7 heavy (non-hydrogen) atoms. The summed E-state index contributed by atoms with van der Waals surface area (Å²) in [6.07, 6.45) is 3.38. The number of rotatable bonds is 2. The lowest BCUT2D eigenvalue weighted by molar-refractivity contribution is 0.669. The Labute approximate surface area is 47.9 Å². The van der Waals surface area contributed by atoms with Crippen LogP contribution < -0.4 is 0 Å². The van der Waals surface area contributed by atoms with Crippen molar-refractivity contribution >= 4 is 12.0 Å². The first-order valence-electron chi connectivity index (χ1n) is 1.92. The third kappa shape index (κ3) is 3.62. The first kappa shape index (κ1) is 6.79. The van der Waals surface area contributed by atoms with Crippen molar-refractivity contribution in [1.29, 1.82) is 0 Å². The first-order valence-corrected chi connectivity index (χ1v) is 2.69. The fourth-order valence-corrected chi connectivity index (χ4v) is 0.353. The van der Waals surface area contributed by atoms with Crippen LogP contribution in [0.3, 0.4) is 0 Å². The Morgan fingerprint density at radius 1 is 1.86 bits per heavy atom. The van der Waals surface area contributed by atoms with Crippen molar-refractivity contribution in [2.45, 2.75) is 6.92 Å². The average Bonchev–Trinajstić information content (AvgIpc) is 1.68. The van der Waals surface area contributed by atoms with Gasteiger partial charge in [-0.15, -0.1) is 0 Å². The van der Waals surface area contributed by atoms with E-state index < -0.39 is 0 Å². The van der Waals surface area contributed by atoms with E-state index in [-0.39, 0.29) is 0 Å². The van der Waals surface area contributed by atoms with Gasteiger partial charge in [-0.1, -0.05) is 18.7 Å². The van der Waals surface area contributed by atoms with Crippen LogP contribution in [0.25, 0.3) is 0 Å². The van der Waals surface area contributed by atoms with E-state index in [2.05, 4.69) is 6.58 Å². The highest BCUT2D eigenvalue weighted by atomic mass is 32.2. The highest BCUT2D eigenvalue weighted by Crippen LogP contribution is 2.07. The van der Waals surface area contributed by atoms with Gasteiger partial charge in [0.1, 0.15) is 0 Å². The zero-order chi connectivity index (χ0) is 5.70. The van der Waals surface area contributed by atoms with E-state index in [0.29, 0.717) is 0 Å². The van der Waals surface area contributed by atoms with Gasteiger partial charge in [-0.2, -0.15) is 0 Å². The van der Waals surface area contributed by atoms with E-state index >= 15 is 0 Å². The van der Waals surface area contributed by atoms with Gasteiger partial charge in [0.05, 0.1) is 0 Å². The molecule has 0 bridgehead atoms. The molecule has 0 amide bonds. The van der Waals surface area contributed by atoms with Gasteiger partial charge in [0, 0.05) is 16.9 Å². The lowest BCUT2D eigenvalue weighted by atomic mass is 10.5. The molecule has 0 aromatic carbocycles. The number of hydrogen-bond donors (Lipinski definition) is 1. The van der Waals surface area contributed by atoms with Crippen molar-refractivity contribution < 1.29 is 4.55 Å². The monoisotopic (exact) mass is 116 g/mol. The van der Waals surface area contributed by atoms with E-state index in [4.69, 9.17) is 4.55 Å². The minimum absolute atomic E-state index is 0.739. The number of allylic oxidation sites excluding steroid dienone is 3. The van der Waals surface area contributed by atoms with Crippen LogP contribution in [0.2, 0.25) is 0 Å². The molecule has 0 fully saturated rings. The quantitative estimate of drug-likeness (QED) is 0.441. The van der Waals surface area contributed by atoms with E-state index in [1.807, 2.05) is 6.92 Å². The minimum Gasteiger partial charge on any atom is -0.326 e. The summed E-state index contributed by atoms with van der Waals surface area (Å²) in [5, 5.41) is 0. The van der Waals surface area contributed by atoms with Crippen LogP contribution in [0.15, 0.2) is 23.6 Å². The van der Waals surface area contributed by atoms with Gasteiger partial charge in [0.2, 0.25) is 0 Å². The second-order valence-electron chi connectivity index (χ2n) is 1.10. The van der Waals surface area contributed by atoms with Gasteiger partial charge >= 0.3 is 0 Å². The summed E-state index contributed by atoms with van der Waals surface area (Å²) < 4.78 is 8.27. The second kappa shape index (κ2) is 3.96. The van der Waals surface area contributed by atoms with Crippen molar-refractivity contribution in [3.8, 4) is 0 Å². The van der Waals surface area contributed by atoms with Crippen molar-refractivity contribution in [2.75, 3.05) is 0 Å². The third-order valence-electron chi connectivity index (χ3n) is 0.497. The van der Waals surface area contributed by atoms with E-state index in [1.165, 1.54) is 0 Å². The molecule has 0 aliphatic carbocycles. The molecule has 1 N–H and O–H groups in total. The summed E-state index contributed by atoms with van der Waals surface area (Å²) in [6, 6.07) is 0. The van der Waals surface area contributed by atoms with Crippen LogP contribution in [0.1, 0.15) is 6.92 Å². The van der Waals surface area contributed by atoms with Crippen molar-refractivity contribution in [3.05, 3.63) is 23.6 Å². The van der Waals surface area contributed by atoms with Crippen molar-refractivity contribution in [2.24, 2.45) is 0 Å². The fraction of sp³-hybridized carbons (Fsp3) is 0.200. The van der Waals surface area contributed by atoms with Gasteiger partial charge < -0.3 is 4.55 Å². The third-order valence-corrected chi connectivity index (χ3v) is 0.921. The van der Waals surface area contributed by atoms with Crippen LogP contribution >= 0.6 is 12.0 Å². The molecule has 2 heteroatoms. The zero-order valence-corrected chi connectivity index (χ0v) is 5.03. The van der Waals surface area contributed by atoms with Crippen molar-refractivity contribution in [3.63, 3.8) is 0 Å². The largest absolute Gasteiger partial charge is 0.326 e. The zero-order valence-electron chi connectivity index (χ0n) is 4.22. The molecular formula is C5H8OS. The molecule has 0 saturated carbocycles. The molecule has 0 aliphatic rings. The summed E-state index contributed by atoms with van der Waals surface area (Å²) in [4.78, 5) is 0.856. The first-order chi connectivity index (χ1) is 3.31. The molecule has 0 radical (unpaired) electrons. The second-order valence-corrected chi connectivity index (χ2v) is 1.93. The average molecular weight is 116 g/mol.